The molecule has 1 heterocycles. The summed E-state index contributed by atoms with van der Waals surface area (Å²) in [4.78, 5) is 12.6. The molecule has 1 fully saturated rings. The number of sulfonamides is 1. The fourth-order valence-corrected chi connectivity index (χ4v) is 4.36. The highest BCUT2D eigenvalue weighted by Gasteiger charge is 2.32. The van der Waals surface area contributed by atoms with Crippen molar-refractivity contribution in [3.05, 3.63) is 29.8 Å². The number of benzene rings is 1. The van der Waals surface area contributed by atoms with E-state index < -0.39 is 10.0 Å². The number of hydrogen-bond acceptors (Lipinski definition) is 4. The van der Waals surface area contributed by atoms with E-state index in [0.717, 1.165) is 17.7 Å². The Balaban J connectivity index is 2.02. The lowest BCUT2D eigenvalue weighted by Gasteiger charge is -2.31. The van der Waals surface area contributed by atoms with Crippen LogP contribution in [0.1, 0.15) is 25.3 Å². The number of carbonyl (C=O) groups excluding carboxylic acids is 1. The van der Waals surface area contributed by atoms with Crippen LogP contribution in [-0.4, -0.2) is 51.2 Å². The lowest BCUT2D eigenvalue weighted by atomic mass is 9.98. The van der Waals surface area contributed by atoms with Gasteiger partial charge in [0.2, 0.25) is 15.9 Å². The minimum absolute atomic E-state index is 0.0451. The summed E-state index contributed by atoms with van der Waals surface area (Å²) in [5.41, 5.74) is 1.88. The van der Waals surface area contributed by atoms with E-state index in [1.54, 1.807) is 0 Å². The van der Waals surface area contributed by atoms with E-state index in [2.05, 4.69) is 5.32 Å². The molecule has 0 saturated carbocycles. The molecule has 1 aromatic rings. The Hall–Kier alpha value is -1.44. The van der Waals surface area contributed by atoms with Crippen molar-refractivity contribution in [2.24, 2.45) is 5.92 Å². The highest BCUT2D eigenvalue weighted by atomic mass is 32.2. The molecule has 1 N–H and O–H groups in total. The molecular formula is C17H26N2O4S. The zero-order valence-electron chi connectivity index (χ0n) is 14.3. The summed E-state index contributed by atoms with van der Waals surface area (Å²) < 4.78 is 30.9. The maximum absolute atomic E-state index is 12.6. The Labute approximate surface area is 144 Å². The fraction of sp³-hybridized carbons (Fsp3) is 0.588. The molecule has 1 saturated heterocycles. The van der Waals surface area contributed by atoms with Crippen molar-refractivity contribution in [3.63, 3.8) is 0 Å². The molecule has 0 bridgehead atoms. The SMILES string of the molecule is CCc1ccccc1NC(=O)C1CCCN(S(=O)(=O)CCOC)C1. The van der Waals surface area contributed by atoms with Crippen LogP contribution in [0.25, 0.3) is 0 Å². The minimum Gasteiger partial charge on any atom is -0.384 e. The van der Waals surface area contributed by atoms with Crippen LogP contribution in [-0.2, 0) is 26.0 Å². The van der Waals surface area contributed by atoms with Gasteiger partial charge in [-0.25, -0.2) is 12.7 Å². The Morgan fingerprint density at radius 3 is 2.83 bits per heavy atom. The van der Waals surface area contributed by atoms with E-state index in [1.807, 2.05) is 31.2 Å². The highest BCUT2D eigenvalue weighted by molar-refractivity contribution is 7.89. The van der Waals surface area contributed by atoms with E-state index in [1.165, 1.54) is 11.4 Å². The van der Waals surface area contributed by atoms with E-state index in [0.29, 0.717) is 19.4 Å². The van der Waals surface area contributed by atoms with Crippen LogP contribution in [0, 0.1) is 5.92 Å². The normalized spacial score (nSPS) is 19.2. The van der Waals surface area contributed by atoms with E-state index in [9.17, 15) is 13.2 Å². The van der Waals surface area contributed by atoms with Gasteiger partial charge in [0, 0.05) is 25.9 Å². The van der Waals surface area contributed by atoms with Crippen LogP contribution in [0.3, 0.4) is 0 Å². The lowest BCUT2D eigenvalue weighted by molar-refractivity contribution is -0.120. The van der Waals surface area contributed by atoms with Crippen LogP contribution in [0.4, 0.5) is 5.69 Å². The molecule has 0 aromatic heterocycles. The van der Waals surface area contributed by atoms with Crippen LogP contribution in [0.5, 0.6) is 0 Å². The molecule has 0 aliphatic carbocycles. The molecule has 6 nitrogen and oxygen atoms in total. The van der Waals surface area contributed by atoms with Crippen molar-refractivity contribution in [1.29, 1.82) is 0 Å². The molecule has 24 heavy (non-hydrogen) atoms. The van der Waals surface area contributed by atoms with Gasteiger partial charge in [0.05, 0.1) is 18.3 Å². The number of amides is 1. The van der Waals surface area contributed by atoms with Crippen LogP contribution >= 0.6 is 0 Å². The first-order chi connectivity index (χ1) is 11.5. The number of para-hydroxylation sites is 1. The first-order valence-corrected chi connectivity index (χ1v) is 9.94. The van der Waals surface area contributed by atoms with Crippen molar-refractivity contribution in [1.82, 2.24) is 4.31 Å². The quantitative estimate of drug-likeness (QED) is 0.811. The predicted octanol–water partition coefficient (Wildman–Crippen LogP) is 1.88. The monoisotopic (exact) mass is 354 g/mol. The number of aryl methyl sites for hydroxylation is 1. The molecule has 1 aromatic carbocycles. The Kier molecular flexibility index (Phi) is 6.77. The summed E-state index contributed by atoms with van der Waals surface area (Å²) >= 11 is 0. The van der Waals surface area contributed by atoms with Gasteiger partial charge >= 0.3 is 0 Å². The largest absolute Gasteiger partial charge is 0.384 e. The molecule has 0 spiro atoms. The predicted molar refractivity (Wildman–Crippen MR) is 94.4 cm³/mol. The Morgan fingerprint density at radius 2 is 2.12 bits per heavy atom. The van der Waals surface area contributed by atoms with Gasteiger partial charge in [-0.1, -0.05) is 25.1 Å². The van der Waals surface area contributed by atoms with Crippen LogP contribution < -0.4 is 5.32 Å². The summed E-state index contributed by atoms with van der Waals surface area (Å²) in [7, 11) is -1.89. The van der Waals surface area contributed by atoms with Crippen molar-refractivity contribution in [2.45, 2.75) is 26.2 Å². The van der Waals surface area contributed by atoms with E-state index in [4.69, 9.17) is 4.74 Å². The van der Waals surface area contributed by atoms with Crippen molar-refractivity contribution >= 4 is 21.6 Å². The Morgan fingerprint density at radius 1 is 1.38 bits per heavy atom. The van der Waals surface area contributed by atoms with Gasteiger partial charge in [-0.2, -0.15) is 0 Å². The lowest BCUT2D eigenvalue weighted by Crippen LogP contribution is -2.45. The second kappa shape index (κ2) is 8.60. The zero-order chi connectivity index (χ0) is 17.6. The second-order valence-electron chi connectivity index (χ2n) is 6.01. The summed E-state index contributed by atoms with van der Waals surface area (Å²) in [5, 5.41) is 2.96. The summed E-state index contributed by atoms with van der Waals surface area (Å²) in [6.45, 7) is 2.92. The van der Waals surface area contributed by atoms with Gasteiger partial charge in [-0.05, 0) is 30.9 Å². The molecule has 0 radical (unpaired) electrons. The second-order valence-corrected chi connectivity index (χ2v) is 8.09. The molecule has 134 valence electrons. The standard InChI is InChI=1S/C17H26N2O4S/c1-3-14-7-4-5-9-16(14)18-17(20)15-8-6-10-19(13-15)24(21,22)12-11-23-2/h4-5,7,9,15H,3,6,8,10-13H2,1-2H3,(H,18,20). The van der Waals surface area contributed by atoms with Gasteiger partial charge in [0.25, 0.3) is 0 Å². The highest BCUT2D eigenvalue weighted by Crippen LogP contribution is 2.22. The summed E-state index contributed by atoms with van der Waals surface area (Å²) in [6.07, 6.45) is 2.23. The maximum atomic E-state index is 12.6. The average molecular weight is 354 g/mol. The van der Waals surface area contributed by atoms with Crippen molar-refractivity contribution in [3.8, 4) is 0 Å². The third-order valence-corrected chi connectivity index (χ3v) is 6.15. The van der Waals surface area contributed by atoms with Gasteiger partial charge in [0.1, 0.15) is 0 Å². The molecule has 7 heteroatoms. The number of piperidine rings is 1. The molecule has 1 aliphatic rings. The molecular weight excluding hydrogens is 328 g/mol. The third-order valence-electron chi connectivity index (χ3n) is 4.35. The smallest absolute Gasteiger partial charge is 0.228 e. The van der Waals surface area contributed by atoms with E-state index in [-0.39, 0.29) is 30.7 Å². The van der Waals surface area contributed by atoms with Gasteiger partial charge in [0.15, 0.2) is 0 Å². The fourth-order valence-electron chi connectivity index (χ4n) is 2.91. The molecule has 1 aliphatic heterocycles. The average Bonchev–Trinajstić information content (AvgIpc) is 2.60. The maximum Gasteiger partial charge on any atom is 0.228 e. The summed E-state index contributed by atoms with van der Waals surface area (Å²) in [5.74, 6) is -0.472. The molecule has 1 unspecified atom stereocenters. The summed E-state index contributed by atoms with van der Waals surface area (Å²) in [6, 6.07) is 7.70. The van der Waals surface area contributed by atoms with Crippen molar-refractivity contribution < 1.29 is 17.9 Å². The Bertz CT molecular complexity index is 660. The third kappa shape index (κ3) is 4.78. The number of anilines is 1. The van der Waals surface area contributed by atoms with Crippen molar-refractivity contribution in [2.75, 3.05) is 37.9 Å². The van der Waals surface area contributed by atoms with E-state index >= 15 is 0 Å². The van der Waals surface area contributed by atoms with Crippen LogP contribution in [0.15, 0.2) is 24.3 Å². The van der Waals surface area contributed by atoms with Gasteiger partial charge in [-0.15, -0.1) is 0 Å². The zero-order valence-corrected chi connectivity index (χ0v) is 15.1. The number of nitrogens with one attached hydrogen (secondary N) is 1. The number of nitrogens with zero attached hydrogens (tertiary/aromatic N) is 1. The number of carbonyl (C=O) groups is 1. The number of ether oxygens (including phenoxy) is 1. The molecule has 2 rings (SSSR count). The topological polar surface area (TPSA) is 75.7 Å². The molecule has 1 amide bonds. The van der Waals surface area contributed by atoms with Crippen LogP contribution in [0.2, 0.25) is 0 Å². The number of rotatable bonds is 7. The number of methoxy groups -OCH3 is 1. The minimum atomic E-state index is -3.37. The first kappa shape index (κ1) is 18.9. The van der Waals surface area contributed by atoms with Gasteiger partial charge in [-0.3, -0.25) is 4.79 Å². The number of hydrogen-bond donors (Lipinski definition) is 1. The van der Waals surface area contributed by atoms with Gasteiger partial charge < -0.3 is 10.1 Å². The molecule has 1 atom stereocenters. The first-order valence-electron chi connectivity index (χ1n) is 8.33.